The molecule has 0 radical (unpaired) electrons. The second-order valence-corrected chi connectivity index (χ2v) is 6.21. The van der Waals surface area contributed by atoms with E-state index in [2.05, 4.69) is 5.32 Å². The van der Waals surface area contributed by atoms with Gasteiger partial charge in [-0.25, -0.2) is 4.39 Å². The molecule has 8 heteroatoms. The molecule has 1 aliphatic heterocycles. The van der Waals surface area contributed by atoms with Crippen LogP contribution in [-0.2, 0) is 15.7 Å². The van der Waals surface area contributed by atoms with E-state index in [1.807, 2.05) is 4.90 Å². The van der Waals surface area contributed by atoms with E-state index in [1.54, 1.807) is 6.07 Å². The van der Waals surface area contributed by atoms with Crippen LogP contribution < -0.4 is 10.2 Å². The summed E-state index contributed by atoms with van der Waals surface area (Å²) in [5.74, 6) is -1.06. The number of rotatable bonds is 4. The molecule has 148 valence electrons. The van der Waals surface area contributed by atoms with Crippen LogP contribution in [0.1, 0.15) is 11.1 Å². The van der Waals surface area contributed by atoms with Crippen molar-refractivity contribution >= 4 is 23.4 Å². The van der Waals surface area contributed by atoms with Gasteiger partial charge < -0.3 is 15.0 Å². The van der Waals surface area contributed by atoms with Crippen LogP contribution in [0.3, 0.4) is 0 Å². The van der Waals surface area contributed by atoms with Crippen molar-refractivity contribution in [2.45, 2.75) is 6.18 Å². The summed E-state index contributed by atoms with van der Waals surface area (Å²) in [4.78, 5) is 14.1. The highest BCUT2D eigenvalue weighted by molar-refractivity contribution is 6.04. The molecule has 28 heavy (non-hydrogen) atoms. The second-order valence-electron chi connectivity index (χ2n) is 6.21. The Morgan fingerprint density at radius 2 is 1.86 bits per heavy atom. The quantitative estimate of drug-likeness (QED) is 0.620. The van der Waals surface area contributed by atoms with E-state index >= 15 is 0 Å². The lowest BCUT2D eigenvalue weighted by atomic mass is 10.1. The maximum absolute atomic E-state index is 13.2. The van der Waals surface area contributed by atoms with Gasteiger partial charge in [0.2, 0.25) is 5.91 Å². The Morgan fingerprint density at radius 1 is 1.11 bits per heavy atom. The van der Waals surface area contributed by atoms with Crippen molar-refractivity contribution in [2.75, 3.05) is 36.5 Å². The van der Waals surface area contributed by atoms with Gasteiger partial charge in [0.15, 0.2) is 0 Å². The molecule has 0 saturated carbocycles. The van der Waals surface area contributed by atoms with Gasteiger partial charge in [-0.2, -0.15) is 13.2 Å². The predicted octanol–water partition coefficient (Wildman–Crippen LogP) is 4.33. The molecule has 0 aliphatic carbocycles. The van der Waals surface area contributed by atoms with Gasteiger partial charge in [-0.1, -0.05) is 12.1 Å². The minimum absolute atomic E-state index is 0.0608. The van der Waals surface area contributed by atoms with Crippen LogP contribution in [-0.4, -0.2) is 32.2 Å². The number of amides is 1. The number of benzene rings is 2. The van der Waals surface area contributed by atoms with Crippen molar-refractivity contribution in [3.8, 4) is 0 Å². The molecular weight excluding hydrogens is 376 g/mol. The number of hydrogen-bond donors (Lipinski definition) is 1. The minimum Gasteiger partial charge on any atom is -0.378 e. The monoisotopic (exact) mass is 394 g/mol. The first-order valence-corrected chi connectivity index (χ1v) is 8.61. The molecule has 0 aromatic heterocycles. The molecule has 4 nitrogen and oxygen atoms in total. The summed E-state index contributed by atoms with van der Waals surface area (Å²) >= 11 is 0. The summed E-state index contributed by atoms with van der Waals surface area (Å²) < 4.78 is 57.7. The Bertz CT molecular complexity index is 875. The zero-order valence-electron chi connectivity index (χ0n) is 14.8. The third-order valence-electron chi connectivity index (χ3n) is 4.21. The smallest absolute Gasteiger partial charge is 0.378 e. The van der Waals surface area contributed by atoms with Crippen molar-refractivity contribution in [1.82, 2.24) is 0 Å². The normalized spacial score (nSPS) is 15.1. The van der Waals surface area contributed by atoms with Crippen LogP contribution >= 0.6 is 0 Å². The number of alkyl halides is 3. The summed E-state index contributed by atoms with van der Waals surface area (Å²) in [5.41, 5.74) is 0.163. The zero-order valence-corrected chi connectivity index (χ0v) is 14.8. The van der Waals surface area contributed by atoms with Gasteiger partial charge >= 0.3 is 6.18 Å². The van der Waals surface area contributed by atoms with Gasteiger partial charge in [0.25, 0.3) is 0 Å². The molecule has 0 bridgehead atoms. The van der Waals surface area contributed by atoms with Crippen LogP contribution in [0.25, 0.3) is 6.08 Å². The first-order chi connectivity index (χ1) is 13.3. The summed E-state index contributed by atoms with van der Waals surface area (Å²) in [7, 11) is 0. The van der Waals surface area contributed by atoms with E-state index in [1.165, 1.54) is 30.3 Å². The van der Waals surface area contributed by atoms with E-state index in [4.69, 9.17) is 4.74 Å². The van der Waals surface area contributed by atoms with E-state index in [0.717, 1.165) is 18.2 Å². The van der Waals surface area contributed by atoms with E-state index in [-0.39, 0.29) is 5.69 Å². The van der Waals surface area contributed by atoms with Crippen molar-refractivity contribution in [1.29, 1.82) is 0 Å². The van der Waals surface area contributed by atoms with Crippen LogP contribution in [0.2, 0.25) is 0 Å². The van der Waals surface area contributed by atoms with Crippen LogP contribution in [0, 0.1) is 5.82 Å². The van der Waals surface area contributed by atoms with Gasteiger partial charge in [-0.15, -0.1) is 0 Å². The van der Waals surface area contributed by atoms with Crippen molar-refractivity contribution in [2.24, 2.45) is 0 Å². The van der Waals surface area contributed by atoms with Crippen molar-refractivity contribution in [3.63, 3.8) is 0 Å². The second kappa shape index (κ2) is 8.43. The number of morpholine rings is 1. The van der Waals surface area contributed by atoms with E-state index in [0.29, 0.717) is 37.6 Å². The maximum Gasteiger partial charge on any atom is 0.416 e. The number of ether oxygens (including phenoxy) is 1. The standard InChI is InChI=1S/C20H18F4N2O2/c21-16-3-1-2-14(12-16)4-7-19(27)25-17-13-15(20(22,23)24)5-6-18(17)26-8-10-28-11-9-26/h1-7,12-13H,8-11H2,(H,25,27). The fraction of sp³-hybridized carbons (Fsp3) is 0.250. The fourth-order valence-electron chi connectivity index (χ4n) is 2.85. The molecule has 0 spiro atoms. The van der Waals surface area contributed by atoms with Crippen molar-refractivity contribution < 1.29 is 27.1 Å². The van der Waals surface area contributed by atoms with Gasteiger partial charge in [0, 0.05) is 19.2 Å². The highest BCUT2D eigenvalue weighted by Crippen LogP contribution is 2.35. The summed E-state index contributed by atoms with van der Waals surface area (Å²) in [6.45, 7) is 1.92. The summed E-state index contributed by atoms with van der Waals surface area (Å²) in [6, 6.07) is 8.87. The lowest BCUT2D eigenvalue weighted by Crippen LogP contribution is -2.36. The zero-order chi connectivity index (χ0) is 20.1. The predicted molar refractivity (Wildman–Crippen MR) is 98.5 cm³/mol. The molecule has 1 amide bonds. The molecular formula is C20H18F4N2O2. The Balaban J connectivity index is 1.84. The number of nitrogens with zero attached hydrogens (tertiary/aromatic N) is 1. The Morgan fingerprint density at radius 3 is 2.54 bits per heavy atom. The lowest BCUT2D eigenvalue weighted by molar-refractivity contribution is -0.137. The summed E-state index contributed by atoms with van der Waals surface area (Å²) in [6.07, 6.45) is -1.99. The molecule has 0 atom stereocenters. The number of nitrogens with one attached hydrogen (secondary N) is 1. The topological polar surface area (TPSA) is 41.6 Å². The Kier molecular flexibility index (Phi) is 5.99. The molecule has 1 fully saturated rings. The number of carbonyl (C=O) groups excluding carboxylic acids is 1. The van der Waals surface area contributed by atoms with Gasteiger partial charge in [0.05, 0.1) is 30.2 Å². The number of anilines is 2. The average molecular weight is 394 g/mol. The molecule has 3 rings (SSSR count). The highest BCUT2D eigenvalue weighted by atomic mass is 19.4. The molecule has 0 unspecified atom stereocenters. The SMILES string of the molecule is O=C(C=Cc1cccc(F)c1)Nc1cc(C(F)(F)F)ccc1N1CCOCC1. The largest absolute Gasteiger partial charge is 0.416 e. The molecule has 2 aromatic rings. The number of carbonyl (C=O) groups is 1. The lowest BCUT2D eigenvalue weighted by Gasteiger charge is -2.30. The van der Waals surface area contributed by atoms with Gasteiger partial charge in [-0.05, 0) is 42.0 Å². The van der Waals surface area contributed by atoms with Gasteiger partial charge in [-0.3, -0.25) is 4.79 Å². The van der Waals surface area contributed by atoms with Crippen LogP contribution in [0.15, 0.2) is 48.5 Å². The third-order valence-corrected chi connectivity index (χ3v) is 4.21. The van der Waals surface area contributed by atoms with Crippen LogP contribution in [0.5, 0.6) is 0 Å². The minimum atomic E-state index is -4.53. The Hall–Kier alpha value is -2.87. The molecule has 2 aromatic carbocycles. The molecule has 1 aliphatic rings. The average Bonchev–Trinajstić information content (AvgIpc) is 2.66. The Labute approximate surface area is 159 Å². The first-order valence-electron chi connectivity index (χ1n) is 8.61. The molecule has 1 heterocycles. The number of halogens is 4. The third kappa shape index (κ3) is 5.10. The highest BCUT2D eigenvalue weighted by Gasteiger charge is 2.31. The summed E-state index contributed by atoms with van der Waals surface area (Å²) in [5, 5.41) is 2.50. The van der Waals surface area contributed by atoms with E-state index < -0.39 is 23.5 Å². The van der Waals surface area contributed by atoms with Crippen LogP contribution in [0.4, 0.5) is 28.9 Å². The molecule has 1 N–H and O–H groups in total. The van der Waals surface area contributed by atoms with E-state index in [9.17, 15) is 22.4 Å². The van der Waals surface area contributed by atoms with Gasteiger partial charge in [0.1, 0.15) is 5.82 Å². The fourth-order valence-corrected chi connectivity index (χ4v) is 2.85. The maximum atomic E-state index is 13.2. The first kappa shape index (κ1) is 19.9. The van der Waals surface area contributed by atoms with Crippen molar-refractivity contribution in [3.05, 3.63) is 65.5 Å². The number of hydrogen-bond acceptors (Lipinski definition) is 3. The molecule has 1 saturated heterocycles.